The number of benzene rings is 3. The summed E-state index contributed by atoms with van der Waals surface area (Å²) in [5, 5.41) is 11.0. The van der Waals surface area contributed by atoms with Gasteiger partial charge in [-0.3, -0.25) is 0 Å². The molecule has 198 valence electrons. The summed E-state index contributed by atoms with van der Waals surface area (Å²) in [5.74, 6) is 2.27. The van der Waals surface area contributed by atoms with E-state index in [9.17, 15) is 9.90 Å². The van der Waals surface area contributed by atoms with Crippen LogP contribution in [0, 0.1) is 19.8 Å². The fraction of sp³-hybridized carbons (Fsp3) is 0.344. The molecule has 6 rings (SSSR count). The van der Waals surface area contributed by atoms with Crippen LogP contribution in [0.3, 0.4) is 0 Å². The number of nitrogens with zero attached hydrogens (tertiary/aromatic N) is 1. The Morgan fingerprint density at radius 3 is 2.50 bits per heavy atom. The number of fused-ring (bicyclic) bond motifs is 1. The topological polar surface area (TPSA) is 49.8 Å². The molecule has 4 nitrogen and oxygen atoms in total. The molecule has 2 fully saturated rings. The second kappa shape index (κ2) is 10.6. The first-order valence-corrected chi connectivity index (χ1v) is 16.9. The number of phenols is 1. The Hall–Kier alpha value is -2.42. The maximum atomic E-state index is 14.0. The molecule has 4 aromatic rings. The second-order valence-electron chi connectivity index (χ2n) is 10.8. The zero-order valence-corrected chi connectivity index (χ0v) is 25.1. The van der Waals surface area contributed by atoms with E-state index >= 15 is 0 Å². The summed E-state index contributed by atoms with van der Waals surface area (Å²) < 4.78 is 9.39. The minimum atomic E-state index is -0.0100. The summed E-state index contributed by atoms with van der Waals surface area (Å²) in [4.78, 5) is 17.1. The minimum absolute atomic E-state index is 0.0100. The molecule has 3 aromatic carbocycles. The van der Waals surface area contributed by atoms with Crippen molar-refractivity contribution in [3.8, 4) is 17.2 Å². The van der Waals surface area contributed by atoms with Crippen LogP contribution in [0.25, 0.3) is 10.1 Å². The average Bonchev–Trinajstić information content (AvgIpc) is 3.57. The number of rotatable bonds is 8. The van der Waals surface area contributed by atoms with Gasteiger partial charge < -0.3 is 4.90 Å². The standard InChI is InChI=1S/C32H33INO3S/c1-19-10-12-34(18-19)13-11-22-4-7-25(8-5-22)37-31-26-9-6-24(35)16-28(26)38-32(31)30(36)29-20(2)14-23(15-21(29)3)27-17-33-27/h4-9,14-16,19,27,35H,10-13,17-18H2,1-3H3/q-1/t19-,27?/m0/s1. The third-order valence-corrected chi connectivity index (χ3v) is 11.3. The molecule has 2 aliphatic heterocycles. The van der Waals surface area contributed by atoms with Crippen molar-refractivity contribution >= 4 is 27.2 Å². The zero-order chi connectivity index (χ0) is 26.4. The van der Waals surface area contributed by atoms with Crippen LogP contribution in [0.4, 0.5) is 0 Å². The Morgan fingerprint density at radius 1 is 1.11 bits per heavy atom. The Labute approximate surface area is 238 Å². The van der Waals surface area contributed by atoms with Crippen LogP contribution >= 0.6 is 11.3 Å². The van der Waals surface area contributed by atoms with E-state index < -0.39 is 0 Å². The first-order chi connectivity index (χ1) is 18.4. The Morgan fingerprint density at radius 2 is 1.84 bits per heavy atom. The van der Waals surface area contributed by atoms with Gasteiger partial charge in [-0.25, -0.2) is 0 Å². The van der Waals surface area contributed by atoms with Gasteiger partial charge in [-0.1, -0.05) is 6.92 Å². The van der Waals surface area contributed by atoms with Crippen LogP contribution < -0.4 is 25.9 Å². The number of thiophene rings is 1. The third-order valence-electron chi connectivity index (χ3n) is 7.65. The van der Waals surface area contributed by atoms with Gasteiger partial charge in [0.25, 0.3) is 0 Å². The van der Waals surface area contributed by atoms with Crippen LogP contribution in [0.2, 0.25) is 0 Å². The van der Waals surface area contributed by atoms with Crippen molar-refractivity contribution in [2.24, 2.45) is 5.92 Å². The van der Waals surface area contributed by atoms with E-state index in [1.54, 1.807) is 12.1 Å². The normalized spacial score (nSPS) is 19.4. The summed E-state index contributed by atoms with van der Waals surface area (Å²) in [6, 6.07) is 17.9. The molecule has 1 aromatic heterocycles. The molecule has 1 N–H and O–H groups in total. The van der Waals surface area contributed by atoms with Gasteiger partial charge >= 0.3 is 184 Å². The summed E-state index contributed by atoms with van der Waals surface area (Å²) >= 11 is 1.70. The van der Waals surface area contributed by atoms with Crippen molar-refractivity contribution in [3.63, 3.8) is 0 Å². The van der Waals surface area contributed by atoms with Crippen molar-refractivity contribution < 1.29 is 35.8 Å². The van der Waals surface area contributed by atoms with Crippen molar-refractivity contribution in [1.29, 1.82) is 0 Å². The number of alkyl halides is 2. The molecule has 0 radical (unpaired) electrons. The number of phenolic OH excluding ortho intramolecular Hbond substituents is 1. The van der Waals surface area contributed by atoms with Crippen molar-refractivity contribution in [1.82, 2.24) is 4.90 Å². The van der Waals surface area contributed by atoms with Crippen LogP contribution in [0.1, 0.15) is 54.8 Å². The van der Waals surface area contributed by atoms with Gasteiger partial charge in [0.1, 0.15) is 0 Å². The van der Waals surface area contributed by atoms with Gasteiger partial charge in [-0.2, -0.15) is 0 Å². The predicted octanol–water partition coefficient (Wildman–Crippen LogP) is 4.28. The quantitative estimate of drug-likeness (QED) is 0.178. The number of aryl methyl sites for hydroxylation is 2. The van der Waals surface area contributed by atoms with E-state index in [4.69, 9.17) is 4.74 Å². The fourth-order valence-corrected chi connectivity index (χ4v) is 8.28. The number of ether oxygens (including phenoxy) is 1. The molecule has 38 heavy (non-hydrogen) atoms. The fourth-order valence-electron chi connectivity index (χ4n) is 5.54. The number of carbonyl (C=O) groups is 1. The molecule has 1 unspecified atom stereocenters. The van der Waals surface area contributed by atoms with E-state index in [1.165, 1.54) is 46.4 Å². The molecule has 0 spiro atoms. The molecule has 3 heterocycles. The van der Waals surface area contributed by atoms with Gasteiger partial charge in [0.05, 0.1) is 0 Å². The van der Waals surface area contributed by atoms with E-state index in [-0.39, 0.29) is 11.5 Å². The number of likely N-dealkylation sites (tertiary alicyclic amines) is 1. The molecule has 0 bridgehead atoms. The first-order valence-electron chi connectivity index (χ1n) is 13.3. The molecule has 6 heteroatoms. The van der Waals surface area contributed by atoms with Gasteiger partial charge in [0.2, 0.25) is 0 Å². The Balaban J connectivity index is 1.29. The van der Waals surface area contributed by atoms with E-state index in [2.05, 4.69) is 36.1 Å². The molecular weight excluding hydrogens is 605 g/mol. The number of carbonyl (C=O) groups excluding carboxylic acids is 1. The monoisotopic (exact) mass is 638 g/mol. The zero-order valence-electron chi connectivity index (χ0n) is 22.1. The van der Waals surface area contributed by atoms with Gasteiger partial charge in [0.15, 0.2) is 0 Å². The predicted molar refractivity (Wildman–Crippen MR) is 151 cm³/mol. The Kier molecular flexibility index (Phi) is 7.22. The molecule has 2 aliphatic rings. The van der Waals surface area contributed by atoms with Crippen molar-refractivity contribution in [2.45, 2.75) is 37.5 Å². The Bertz CT molecular complexity index is 1480. The number of aromatic hydroxyl groups is 1. The van der Waals surface area contributed by atoms with E-state index in [1.807, 2.05) is 32.0 Å². The SMILES string of the molecule is Cc1cc(C2C[I-]2)cc(C)c1C(=O)c1sc2cc(O)ccc2c1Oc1ccc(CCN2CC[C@H](C)C2)cc1. The number of hydrogen-bond donors (Lipinski definition) is 1. The molecular formula is C32H33INO3S-. The molecule has 0 saturated carbocycles. The van der Waals surface area contributed by atoms with Crippen molar-refractivity contribution in [2.75, 3.05) is 24.1 Å². The van der Waals surface area contributed by atoms with Crippen LogP contribution in [0.15, 0.2) is 54.6 Å². The van der Waals surface area contributed by atoms with Gasteiger partial charge in [-0.05, 0) is 30.9 Å². The first kappa shape index (κ1) is 25.8. The maximum absolute atomic E-state index is 14.0. The van der Waals surface area contributed by atoms with Gasteiger partial charge in [-0.15, -0.1) is 0 Å². The molecule has 2 saturated heterocycles. The summed E-state index contributed by atoms with van der Waals surface area (Å²) in [5.41, 5.74) is 5.51. The molecule has 0 amide bonds. The summed E-state index contributed by atoms with van der Waals surface area (Å²) in [7, 11) is 0. The number of hydrogen-bond acceptors (Lipinski definition) is 5. The average molecular weight is 639 g/mol. The van der Waals surface area contributed by atoms with E-state index in [0.717, 1.165) is 49.6 Å². The van der Waals surface area contributed by atoms with Gasteiger partial charge in [0, 0.05) is 13.1 Å². The second-order valence-corrected chi connectivity index (χ2v) is 15.1. The number of ketones is 1. The van der Waals surface area contributed by atoms with Crippen LogP contribution in [-0.4, -0.2) is 39.9 Å². The molecule has 0 aliphatic carbocycles. The third kappa shape index (κ3) is 5.36. The summed E-state index contributed by atoms with van der Waals surface area (Å²) in [6.45, 7) is 9.90. The number of halogens is 1. The van der Waals surface area contributed by atoms with E-state index in [0.29, 0.717) is 37.6 Å². The molecule has 2 atom stereocenters. The van der Waals surface area contributed by atoms with Crippen molar-refractivity contribution in [3.05, 3.63) is 87.3 Å². The van der Waals surface area contributed by atoms with Crippen LogP contribution in [0.5, 0.6) is 17.2 Å². The summed E-state index contributed by atoms with van der Waals surface area (Å²) in [6.07, 6.45) is 2.32. The van der Waals surface area contributed by atoms with Crippen LogP contribution in [-0.2, 0) is 6.42 Å².